The number of rotatable bonds is 4. The van der Waals surface area contributed by atoms with Gasteiger partial charge in [-0.3, -0.25) is 0 Å². The average Bonchev–Trinajstić information content (AvgIpc) is 3.08. The fourth-order valence-corrected chi connectivity index (χ4v) is 2.38. The van der Waals surface area contributed by atoms with Crippen molar-refractivity contribution in [3.63, 3.8) is 0 Å². The second kappa shape index (κ2) is 4.31. The molecule has 1 fully saturated rings. The summed E-state index contributed by atoms with van der Waals surface area (Å²) < 4.78 is 2.35. The Balaban J connectivity index is 2.10. The van der Waals surface area contributed by atoms with Crippen LogP contribution in [0, 0.1) is 0 Å². The van der Waals surface area contributed by atoms with E-state index in [-0.39, 0.29) is 0 Å². The van der Waals surface area contributed by atoms with Gasteiger partial charge in [0, 0.05) is 11.1 Å². The Morgan fingerprint density at radius 3 is 3.00 bits per heavy atom. The maximum absolute atomic E-state index is 6.07. The van der Waals surface area contributed by atoms with Crippen molar-refractivity contribution in [1.29, 1.82) is 0 Å². The molecule has 0 bridgehead atoms. The van der Waals surface area contributed by atoms with Gasteiger partial charge in [0.15, 0.2) is 0 Å². The Morgan fingerprint density at radius 2 is 2.29 bits per heavy atom. The maximum atomic E-state index is 6.07. The summed E-state index contributed by atoms with van der Waals surface area (Å²) in [7, 11) is 0. The van der Waals surface area contributed by atoms with Crippen molar-refractivity contribution in [3.8, 4) is 0 Å². The Morgan fingerprint density at radius 1 is 1.47 bits per heavy atom. The van der Waals surface area contributed by atoms with Gasteiger partial charge in [-0.05, 0) is 37.6 Å². The first-order chi connectivity index (χ1) is 8.29. The summed E-state index contributed by atoms with van der Waals surface area (Å²) in [5.74, 6) is 1.13. The number of hydrogen-bond donors (Lipinski definition) is 1. The van der Waals surface area contributed by atoms with Crippen LogP contribution in [0.2, 0.25) is 5.02 Å². The molecule has 2 aromatic rings. The van der Waals surface area contributed by atoms with Crippen molar-refractivity contribution < 1.29 is 0 Å². The third kappa shape index (κ3) is 2.05. The minimum atomic E-state index is 0.632. The summed E-state index contributed by atoms with van der Waals surface area (Å²) in [6, 6.07) is 6.57. The number of nitrogens with zero attached hydrogens (tertiary/aromatic N) is 2. The SMILES string of the molecule is CCNCc1nc2ccc(Cl)cc2n1C1CC1. The van der Waals surface area contributed by atoms with Gasteiger partial charge < -0.3 is 9.88 Å². The van der Waals surface area contributed by atoms with E-state index in [0.717, 1.165) is 29.5 Å². The predicted octanol–water partition coefficient (Wildman–Crippen LogP) is 3.13. The molecule has 1 aromatic heterocycles. The van der Waals surface area contributed by atoms with E-state index in [9.17, 15) is 0 Å². The van der Waals surface area contributed by atoms with Crippen molar-refractivity contribution in [3.05, 3.63) is 29.0 Å². The topological polar surface area (TPSA) is 29.9 Å². The van der Waals surface area contributed by atoms with Crippen LogP contribution < -0.4 is 5.32 Å². The predicted molar refractivity (Wildman–Crippen MR) is 70.4 cm³/mol. The molecule has 0 spiro atoms. The normalized spacial score (nSPS) is 15.6. The molecule has 0 unspecified atom stereocenters. The van der Waals surface area contributed by atoms with E-state index < -0.39 is 0 Å². The highest BCUT2D eigenvalue weighted by Gasteiger charge is 2.27. The lowest BCUT2D eigenvalue weighted by atomic mass is 10.3. The van der Waals surface area contributed by atoms with Crippen molar-refractivity contribution in [2.75, 3.05) is 6.54 Å². The molecule has 3 rings (SSSR count). The molecule has 1 aliphatic carbocycles. The second-order valence-corrected chi connectivity index (χ2v) is 4.98. The molecule has 0 saturated heterocycles. The van der Waals surface area contributed by atoms with Crippen LogP contribution in [0.1, 0.15) is 31.6 Å². The van der Waals surface area contributed by atoms with E-state index in [0.29, 0.717) is 6.04 Å². The zero-order valence-electron chi connectivity index (χ0n) is 9.91. The number of nitrogens with one attached hydrogen (secondary N) is 1. The van der Waals surface area contributed by atoms with Gasteiger partial charge in [-0.2, -0.15) is 0 Å². The Kier molecular flexibility index (Phi) is 2.81. The summed E-state index contributed by atoms with van der Waals surface area (Å²) in [6.45, 7) is 3.91. The van der Waals surface area contributed by atoms with Crippen LogP contribution in [0.5, 0.6) is 0 Å². The molecule has 90 valence electrons. The van der Waals surface area contributed by atoms with Gasteiger partial charge in [-0.1, -0.05) is 18.5 Å². The molecule has 0 atom stereocenters. The van der Waals surface area contributed by atoms with Crippen molar-refractivity contribution in [2.24, 2.45) is 0 Å². The molecule has 0 amide bonds. The van der Waals surface area contributed by atoms with Crippen molar-refractivity contribution >= 4 is 22.6 Å². The molecule has 1 N–H and O–H groups in total. The summed E-state index contributed by atoms with van der Waals surface area (Å²) in [6.07, 6.45) is 2.52. The standard InChI is InChI=1S/C13H16ClN3/c1-2-15-8-13-16-11-6-3-9(14)7-12(11)17(13)10-4-5-10/h3,6-7,10,15H,2,4-5,8H2,1H3. The maximum Gasteiger partial charge on any atom is 0.124 e. The number of fused-ring (bicyclic) bond motifs is 1. The Labute approximate surface area is 106 Å². The van der Waals surface area contributed by atoms with Crippen LogP contribution in [-0.4, -0.2) is 16.1 Å². The van der Waals surface area contributed by atoms with E-state index in [1.807, 2.05) is 18.2 Å². The third-order valence-corrected chi connectivity index (χ3v) is 3.40. The fraction of sp³-hybridized carbons (Fsp3) is 0.462. The largest absolute Gasteiger partial charge is 0.324 e. The van der Waals surface area contributed by atoms with E-state index in [2.05, 4.69) is 16.8 Å². The molecule has 3 nitrogen and oxygen atoms in total. The quantitative estimate of drug-likeness (QED) is 0.902. The molecule has 1 aliphatic rings. The number of halogens is 1. The minimum Gasteiger partial charge on any atom is -0.324 e. The summed E-state index contributed by atoms with van der Waals surface area (Å²) >= 11 is 6.07. The first-order valence-electron chi connectivity index (χ1n) is 6.16. The molecule has 1 saturated carbocycles. The second-order valence-electron chi connectivity index (χ2n) is 4.54. The summed E-state index contributed by atoms with van der Waals surface area (Å²) in [5, 5.41) is 4.13. The lowest BCUT2D eigenvalue weighted by Crippen LogP contribution is -2.16. The van der Waals surface area contributed by atoms with Crippen LogP contribution in [0.4, 0.5) is 0 Å². The molecule has 0 aliphatic heterocycles. The van der Waals surface area contributed by atoms with Crippen molar-refractivity contribution in [1.82, 2.24) is 14.9 Å². The van der Waals surface area contributed by atoms with Gasteiger partial charge in [0.1, 0.15) is 5.82 Å². The van der Waals surface area contributed by atoms with Crippen LogP contribution >= 0.6 is 11.6 Å². The highest BCUT2D eigenvalue weighted by Crippen LogP contribution is 2.39. The number of imidazole rings is 1. The molecule has 0 radical (unpaired) electrons. The first-order valence-corrected chi connectivity index (χ1v) is 6.54. The van der Waals surface area contributed by atoms with Gasteiger partial charge in [-0.15, -0.1) is 0 Å². The zero-order chi connectivity index (χ0) is 11.8. The van der Waals surface area contributed by atoms with Gasteiger partial charge in [0.05, 0.1) is 17.6 Å². The van der Waals surface area contributed by atoms with Crippen molar-refractivity contribution in [2.45, 2.75) is 32.4 Å². The lowest BCUT2D eigenvalue weighted by Gasteiger charge is -2.07. The van der Waals surface area contributed by atoms with E-state index in [4.69, 9.17) is 16.6 Å². The zero-order valence-corrected chi connectivity index (χ0v) is 10.7. The van der Waals surface area contributed by atoms with Crippen LogP contribution in [0.15, 0.2) is 18.2 Å². The number of benzene rings is 1. The smallest absolute Gasteiger partial charge is 0.124 e. The average molecular weight is 250 g/mol. The monoisotopic (exact) mass is 249 g/mol. The van der Waals surface area contributed by atoms with Gasteiger partial charge >= 0.3 is 0 Å². The molecule has 1 aromatic carbocycles. The fourth-order valence-electron chi connectivity index (χ4n) is 2.22. The highest BCUT2D eigenvalue weighted by molar-refractivity contribution is 6.31. The Hall–Kier alpha value is -1.06. The van der Waals surface area contributed by atoms with Gasteiger partial charge in [0.25, 0.3) is 0 Å². The van der Waals surface area contributed by atoms with Gasteiger partial charge in [0.2, 0.25) is 0 Å². The summed E-state index contributed by atoms with van der Waals surface area (Å²) in [5.41, 5.74) is 2.22. The molecular formula is C13H16ClN3. The highest BCUT2D eigenvalue weighted by atomic mass is 35.5. The third-order valence-electron chi connectivity index (χ3n) is 3.17. The number of aromatic nitrogens is 2. The molecule has 1 heterocycles. The van der Waals surface area contributed by atoms with Crippen LogP contribution in [0.25, 0.3) is 11.0 Å². The Bertz CT molecular complexity index is 543. The van der Waals surface area contributed by atoms with E-state index >= 15 is 0 Å². The van der Waals surface area contributed by atoms with Crippen LogP contribution in [-0.2, 0) is 6.54 Å². The number of hydrogen-bond acceptors (Lipinski definition) is 2. The summed E-state index contributed by atoms with van der Waals surface area (Å²) in [4.78, 5) is 4.69. The molecule has 4 heteroatoms. The molecular weight excluding hydrogens is 234 g/mol. The van der Waals surface area contributed by atoms with E-state index in [1.54, 1.807) is 0 Å². The van der Waals surface area contributed by atoms with Gasteiger partial charge in [-0.25, -0.2) is 4.98 Å². The lowest BCUT2D eigenvalue weighted by molar-refractivity contribution is 0.630. The first kappa shape index (κ1) is 11.1. The molecule has 17 heavy (non-hydrogen) atoms. The van der Waals surface area contributed by atoms with Crippen LogP contribution in [0.3, 0.4) is 0 Å². The van der Waals surface area contributed by atoms with E-state index in [1.165, 1.54) is 18.4 Å². The minimum absolute atomic E-state index is 0.632.